The summed E-state index contributed by atoms with van der Waals surface area (Å²) in [5.74, 6) is 1.13. The molecular formula is C23H21ClN4O3. The second-order valence-electron chi connectivity index (χ2n) is 7.85. The molecule has 0 atom stereocenters. The zero-order valence-electron chi connectivity index (χ0n) is 17.0. The molecule has 5 rings (SSSR count). The molecule has 0 saturated heterocycles. The van der Waals surface area contributed by atoms with Gasteiger partial charge in [-0.05, 0) is 54.7 Å². The number of hydrogen-bond donors (Lipinski definition) is 0. The van der Waals surface area contributed by atoms with Gasteiger partial charge in [0.05, 0.1) is 19.1 Å². The molecule has 0 aliphatic heterocycles. The summed E-state index contributed by atoms with van der Waals surface area (Å²) in [6.45, 7) is 0.870. The first-order valence-corrected chi connectivity index (χ1v) is 10.5. The molecule has 1 fully saturated rings. The van der Waals surface area contributed by atoms with Crippen molar-refractivity contribution in [2.45, 2.75) is 25.9 Å². The van der Waals surface area contributed by atoms with Crippen molar-refractivity contribution in [3.05, 3.63) is 86.3 Å². The molecule has 0 N–H and O–H groups in total. The van der Waals surface area contributed by atoms with Gasteiger partial charge in [0.1, 0.15) is 5.75 Å². The zero-order chi connectivity index (χ0) is 21.5. The Morgan fingerprint density at radius 3 is 2.58 bits per heavy atom. The van der Waals surface area contributed by atoms with Crippen LogP contribution in [0.1, 0.15) is 18.4 Å². The molecule has 1 aliphatic rings. The molecule has 7 nitrogen and oxygen atoms in total. The Bertz CT molecular complexity index is 1380. The second kappa shape index (κ2) is 7.74. The van der Waals surface area contributed by atoms with Crippen LogP contribution in [-0.2, 0) is 13.1 Å². The molecule has 0 bridgehead atoms. The van der Waals surface area contributed by atoms with E-state index in [4.69, 9.17) is 16.3 Å². The highest BCUT2D eigenvalue weighted by atomic mass is 35.5. The smallest absolute Gasteiger partial charge is 0.337 e. The third-order valence-electron chi connectivity index (χ3n) is 5.62. The molecule has 1 aliphatic carbocycles. The van der Waals surface area contributed by atoms with E-state index >= 15 is 0 Å². The molecule has 2 aromatic carbocycles. The average Bonchev–Trinajstić information content (AvgIpc) is 3.50. The number of nitrogens with zero attached hydrogens (tertiary/aromatic N) is 4. The quantitative estimate of drug-likeness (QED) is 0.464. The fraction of sp³-hybridized carbons (Fsp3) is 0.261. The molecule has 1 saturated carbocycles. The predicted molar refractivity (Wildman–Crippen MR) is 119 cm³/mol. The van der Waals surface area contributed by atoms with Gasteiger partial charge >= 0.3 is 5.69 Å². The van der Waals surface area contributed by atoms with Crippen molar-refractivity contribution in [1.82, 2.24) is 18.7 Å². The van der Waals surface area contributed by atoms with Crippen LogP contribution >= 0.6 is 11.6 Å². The lowest BCUT2D eigenvalue weighted by Gasteiger charge is -2.13. The van der Waals surface area contributed by atoms with E-state index in [9.17, 15) is 9.59 Å². The summed E-state index contributed by atoms with van der Waals surface area (Å²) in [4.78, 5) is 31.2. The molecule has 2 heterocycles. The Balaban J connectivity index is 1.71. The summed E-state index contributed by atoms with van der Waals surface area (Å²) in [7, 11) is 1.62. The van der Waals surface area contributed by atoms with E-state index in [-0.39, 0.29) is 11.2 Å². The number of aromatic nitrogens is 4. The van der Waals surface area contributed by atoms with E-state index in [2.05, 4.69) is 4.98 Å². The molecule has 0 unspecified atom stereocenters. The molecule has 158 valence electrons. The van der Waals surface area contributed by atoms with Gasteiger partial charge in [-0.3, -0.25) is 9.36 Å². The highest BCUT2D eigenvalue weighted by molar-refractivity contribution is 6.30. The molecule has 0 amide bonds. The van der Waals surface area contributed by atoms with Gasteiger partial charge in [-0.15, -0.1) is 0 Å². The minimum Gasteiger partial charge on any atom is -0.497 e. The molecule has 0 radical (unpaired) electrons. The van der Waals surface area contributed by atoms with Crippen molar-refractivity contribution in [2.24, 2.45) is 5.92 Å². The summed E-state index contributed by atoms with van der Waals surface area (Å²) < 4.78 is 9.84. The number of methoxy groups -OCH3 is 1. The van der Waals surface area contributed by atoms with Crippen LogP contribution < -0.4 is 16.0 Å². The maximum absolute atomic E-state index is 13.4. The lowest BCUT2D eigenvalue weighted by Crippen LogP contribution is -2.40. The number of rotatable bonds is 6. The van der Waals surface area contributed by atoms with Crippen molar-refractivity contribution in [3.8, 4) is 11.4 Å². The van der Waals surface area contributed by atoms with Crippen LogP contribution in [-0.4, -0.2) is 25.8 Å². The van der Waals surface area contributed by atoms with Crippen LogP contribution in [0.4, 0.5) is 0 Å². The molecule has 31 heavy (non-hydrogen) atoms. The van der Waals surface area contributed by atoms with E-state index < -0.39 is 0 Å². The summed E-state index contributed by atoms with van der Waals surface area (Å²) >= 11 is 6.18. The summed E-state index contributed by atoms with van der Waals surface area (Å²) in [5, 5.41) is 0.509. The van der Waals surface area contributed by atoms with Crippen LogP contribution in [0.15, 0.2) is 64.4 Å². The lowest BCUT2D eigenvalue weighted by molar-refractivity contribution is 0.414. The lowest BCUT2D eigenvalue weighted by atomic mass is 10.2. The number of hydrogen-bond acceptors (Lipinski definition) is 4. The minimum atomic E-state index is -0.388. The monoisotopic (exact) mass is 436 g/mol. The Labute approximate surface area is 183 Å². The summed E-state index contributed by atoms with van der Waals surface area (Å²) in [6.07, 6.45) is 3.68. The van der Waals surface area contributed by atoms with Crippen molar-refractivity contribution in [1.29, 1.82) is 0 Å². The van der Waals surface area contributed by atoms with Crippen LogP contribution in [0.5, 0.6) is 5.75 Å². The Morgan fingerprint density at radius 2 is 1.90 bits per heavy atom. The van der Waals surface area contributed by atoms with Gasteiger partial charge in [0, 0.05) is 18.1 Å². The van der Waals surface area contributed by atoms with Gasteiger partial charge in [-0.25, -0.2) is 14.3 Å². The summed E-state index contributed by atoms with van der Waals surface area (Å²) in [6, 6.07) is 14.7. The number of ether oxygens (including phenoxy) is 1. The topological polar surface area (TPSA) is 71.1 Å². The van der Waals surface area contributed by atoms with Gasteiger partial charge < -0.3 is 9.30 Å². The second-order valence-corrected chi connectivity index (χ2v) is 8.29. The Kier molecular flexibility index (Phi) is 4.90. The maximum Gasteiger partial charge on any atom is 0.337 e. The molecule has 0 spiro atoms. The largest absolute Gasteiger partial charge is 0.497 e. The Morgan fingerprint density at radius 1 is 1.13 bits per heavy atom. The number of halogens is 1. The van der Waals surface area contributed by atoms with Gasteiger partial charge in [-0.2, -0.15) is 0 Å². The fourth-order valence-corrected chi connectivity index (χ4v) is 3.98. The SMILES string of the molecule is COc1ccc(Cn2cnc3c2c(=O)n(CC2CC2)c(=O)n3-c2cccc(Cl)c2)cc1. The molecule has 2 aromatic heterocycles. The van der Waals surface area contributed by atoms with Crippen LogP contribution in [0, 0.1) is 5.92 Å². The fourth-order valence-electron chi connectivity index (χ4n) is 3.79. The third-order valence-corrected chi connectivity index (χ3v) is 5.85. The minimum absolute atomic E-state index is 0.309. The first-order valence-electron chi connectivity index (χ1n) is 10.1. The van der Waals surface area contributed by atoms with Crippen molar-refractivity contribution in [3.63, 3.8) is 0 Å². The van der Waals surface area contributed by atoms with E-state index in [1.54, 1.807) is 42.3 Å². The van der Waals surface area contributed by atoms with E-state index in [0.717, 1.165) is 24.2 Å². The normalized spacial score (nSPS) is 13.6. The highest BCUT2D eigenvalue weighted by Gasteiger charge is 2.26. The highest BCUT2D eigenvalue weighted by Crippen LogP contribution is 2.30. The van der Waals surface area contributed by atoms with Crippen LogP contribution in [0.2, 0.25) is 5.02 Å². The third kappa shape index (κ3) is 3.65. The van der Waals surface area contributed by atoms with Gasteiger partial charge in [-0.1, -0.05) is 29.8 Å². The summed E-state index contributed by atoms with van der Waals surface area (Å²) in [5.41, 5.74) is 1.61. The molecular weight excluding hydrogens is 416 g/mol. The standard InChI is InChI=1S/C23H21ClN4O3/c1-31-19-9-7-15(8-10-19)12-26-14-25-21-20(26)22(29)27(13-16-5-6-16)23(30)28(21)18-4-2-3-17(24)11-18/h2-4,7-11,14,16H,5-6,12-13H2,1H3. The van der Waals surface area contributed by atoms with Crippen LogP contribution in [0.25, 0.3) is 16.9 Å². The number of fused-ring (bicyclic) bond motifs is 1. The first-order chi connectivity index (χ1) is 15.0. The first kappa shape index (κ1) is 19.6. The van der Waals surface area contributed by atoms with Gasteiger partial charge in [0.2, 0.25) is 0 Å². The maximum atomic E-state index is 13.4. The van der Waals surface area contributed by atoms with Crippen molar-refractivity contribution < 1.29 is 4.74 Å². The predicted octanol–water partition coefficient (Wildman–Crippen LogP) is 3.47. The van der Waals surface area contributed by atoms with E-state index in [0.29, 0.717) is 40.9 Å². The van der Waals surface area contributed by atoms with Crippen LogP contribution in [0.3, 0.4) is 0 Å². The molecule has 4 aromatic rings. The van der Waals surface area contributed by atoms with Crippen molar-refractivity contribution >= 4 is 22.8 Å². The van der Waals surface area contributed by atoms with Gasteiger partial charge in [0.15, 0.2) is 11.2 Å². The van der Waals surface area contributed by atoms with E-state index in [1.165, 1.54) is 9.13 Å². The number of benzene rings is 2. The zero-order valence-corrected chi connectivity index (χ0v) is 17.7. The average molecular weight is 437 g/mol. The van der Waals surface area contributed by atoms with Crippen molar-refractivity contribution in [2.75, 3.05) is 7.11 Å². The van der Waals surface area contributed by atoms with Gasteiger partial charge in [0.25, 0.3) is 5.56 Å². The van der Waals surface area contributed by atoms with E-state index in [1.807, 2.05) is 24.3 Å². The molecule has 8 heteroatoms. The number of imidazole rings is 1. The Hall–Kier alpha value is -3.32.